The summed E-state index contributed by atoms with van der Waals surface area (Å²) in [4.78, 5) is 3.38. The normalized spacial score (nSPS) is 12.8. The van der Waals surface area contributed by atoms with Gasteiger partial charge in [-0.2, -0.15) is 0 Å². The zero-order valence-corrected chi connectivity index (χ0v) is 15.8. The molecular formula is C21H24FNOS. The molecule has 3 aromatic rings. The summed E-state index contributed by atoms with van der Waals surface area (Å²) in [5.41, 5.74) is 1.99. The van der Waals surface area contributed by atoms with Crippen molar-refractivity contribution in [3.63, 3.8) is 0 Å². The lowest BCUT2D eigenvalue weighted by molar-refractivity contribution is 0.0639. The van der Waals surface area contributed by atoms with Crippen molar-refractivity contribution >= 4 is 21.4 Å². The molecule has 0 N–H and O–H groups in total. The van der Waals surface area contributed by atoms with Crippen molar-refractivity contribution in [2.24, 2.45) is 0 Å². The second-order valence-electron chi connectivity index (χ2n) is 6.42. The summed E-state index contributed by atoms with van der Waals surface area (Å²) in [5, 5.41) is 1.27. The molecule has 0 aliphatic carbocycles. The molecule has 25 heavy (non-hydrogen) atoms. The number of nitrogens with zero attached hydrogens (tertiary/aromatic N) is 1. The molecule has 2 nitrogen and oxygen atoms in total. The summed E-state index contributed by atoms with van der Waals surface area (Å²) in [6.07, 6.45) is 0.419. The van der Waals surface area contributed by atoms with E-state index in [0.29, 0.717) is 18.6 Å². The quantitative estimate of drug-likeness (QED) is 0.560. The van der Waals surface area contributed by atoms with Crippen LogP contribution in [0.2, 0.25) is 0 Å². The van der Waals surface area contributed by atoms with Gasteiger partial charge in [-0.3, -0.25) is 0 Å². The summed E-state index contributed by atoms with van der Waals surface area (Å²) in [7, 11) is 4.14. The fourth-order valence-corrected chi connectivity index (χ4v) is 4.41. The lowest BCUT2D eigenvalue weighted by atomic mass is 10.0. The van der Waals surface area contributed by atoms with E-state index < -0.39 is 0 Å². The molecule has 0 aliphatic heterocycles. The van der Waals surface area contributed by atoms with Gasteiger partial charge >= 0.3 is 0 Å². The fraction of sp³-hybridized carbons (Fsp3) is 0.333. The Morgan fingerprint density at radius 1 is 1.08 bits per heavy atom. The van der Waals surface area contributed by atoms with Crippen molar-refractivity contribution in [2.45, 2.75) is 26.0 Å². The van der Waals surface area contributed by atoms with Gasteiger partial charge in [0.2, 0.25) is 0 Å². The molecule has 3 rings (SSSR count). The minimum atomic E-state index is -0.164. The van der Waals surface area contributed by atoms with Gasteiger partial charge < -0.3 is 9.64 Å². The predicted molar refractivity (Wildman–Crippen MR) is 104 cm³/mol. The molecule has 0 aliphatic rings. The van der Waals surface area contributed by atoms with E-state index in [4.69, 9.17) is 4.74 Å². The highest BCUT2D eigenvalue weighted by atomic mass is 32.1. The predicted octanol–water partition coefficient (Wildman–Crippen LogP) is 5.42. The number of benzene rings is 2. The number of thiophene rings is 1. The molecule has 2 aromatic carbocycles. The van der Waals surface area contributed by atoms with Gasteiger partial charge in [-0.1, -0.05) is 36.4 Å². The lowest BCUT2D eigenvalue weighted by Crippen LogP contribution is -2.15. The van der Waals surface area contributed by atoms with Crippen molar-refractivity contribution in [2.75, 3.05) is 20.7 Å². The number of hydrogen-bond acceptors (Lipinski definition) is 3. The average Bonchev–Trinajstić information content (AvgIpc) is 2.94. The Kier molecular flexibility index (Phi) is 5.84. The van der Waals surface area contributed by atoms with Crippen LogP contribution in [-0.2, 0) is 17.7 Å². The van der Waals surface area contributed by atoms with Gasteiger partial charge in [0.25, 0.3) is 0 Å². The number of ether oxygens (including phenoxy) is 1. The van der Waals surface area contributed by atoms with Crippen LogP contribution in [0, 0.1) is 5.82 Å². The summed E-state index contributed by atoms with van der Waals surface area (Å²) in [6, 6.07) is 15.4. The van der Waals surface area contributed by atoms with E-state index in [-0.39, 0.29) is 11.9 Å². The fourth-order valence-electron chi connectivity index (χ4n) is 3.15. The number of halogens is 1. The molecular weight excluding hydrogens is 333 g/mol. The third-order valence-corrected chi connectivity index (χ3v) is 5.53. The molecule has 0 saturated heterocycles. The van der Waals surface area contributed by atoms with Gasteiger partial charge in [-0.15, -0.1) is 11.3 Å². The standard InChI is InChI=1S/C21H24FNOS/c1-4-24-19(13-15-9-5-7-11-18(15)22)21-17(14-23(2)3)16-10-6-8-12-20(16)25-21/h5-12,19H,4,13-14H2,1-3H3. The third-order valence-electron chi connectivity index (χ3n) is 4.23. The van der Waals surface area contributed by atoms with Crippen molar-refractivity contribution in [1.29, 1.82) is 0 Å². The van der Waals surface area contributed by atoms with Crippen molar-refractivity contribution in [3.05, 3.63) is 70.4 Å². The monoisotopic (exact) mass is 357 g/mol. The molecule has 0 bridgehead atoms. The van der Waals surface area contributed by atoms with Crippen LogP contribution in [0.5, 0.6) is 0 Å². The molecule has 0 amide bonds. The maximum atomic E-state index is 14.2. The topological polar surface area (TPSA) is 12.5 Å². The average molecular weight is 357 g/mol. The zero-order chi connectivity index (χ0) is 17.8. The summed E-state index contributed by atoms with van der Waals surface area (Å²) in [6.45, 7) is 3.45. The molecule has 1 unspecified atom stereocenters. The Morgan fingerprint density at radius 2 is 1.80 bits per heavy atom. The second kappa shape index (κ2) is 8.09. The molecule has 0 fully saturated rings. The first-order valence-electron chi connectivity index (χ1n) is 8.60. The first-order valence-corrected chi connectivity index (χ1v) is 9.41. The molecule has 0 radical (unpaired) electrons. The van der Waals surface area contributed by atoms with E-state index in [0.717, 1.165) is 6.54 Å². The minimum Gasteiger partial charge on any atom is -0.373 e. The van der Waals surface area contributed by atoms with E-state index in [9.17, 15) is 4.39 Å². The van der Waals surface area contributed by atoms with E-state index in [1.165, 1.54) is 26.6 Å². The van der Waals surface area contributed by atoms with Gasteiger partial charge in [-0.05, 0) is 49.7 Å². The Morgan fingerprint density at radius 3 is 2.52 bits per heavy atom. The minimum absolute atomic E-state index is 0.130. The Balaban J connectivity index is 2.04. The smallest absolute Gasteiger partial charge is 0.126 e. The number of hydrogen-bond donors (Lipinski definition) is 0. The van der Waals surface area contributed by atoms with Crippen LogP contribution < -0.4 is 0 Å². The van der Waals surface area contributed by atoms with Crippen LogP contribution in [0.1, 0.15) is 29.0 Å². The molecule has 1 aromatic heterocycles. The van der Waals surface area contributed by atoms with E-state index in [1.54, 1.807) is 17.4 Å². The van der Waals surface area contributed by atoms with Crippen LogP contribution in [0.4, 0.5) is 4.39 Å². The molecule has 4 heteroatoms. The molecule has 1 heterocycles. The molecule has 132 valence electrons. The highest BCUT2D eigenvalue weighted by Gasteiger charge is 2.22. The summed E-state index contributed by atoms with van der Waals surface area (Å²) in [5.74, 6) is -0.164. The van der Waals surface area contributed by atoms with Crippen LogP contribution in [0.3, 0.4) is 0 Å². The first kappa shape index (κ1) is 18.1. The van der Waals surface area contributed by atoms with Crippen LogP contribution in [0.25, 0.3) is 10.1 Å². The second-order valence-corrected chi connectivity index (χ2v) is 7.50. The van der Waals surface area contributed by atoms with E-state index in [1.807, 2.05) is 19.1 Å². The zero-order valence-electron chi connectivity index (χ0n) is 15.0. The lowest BCUT2D eigenvalue weighted by Gasteiger charge is -2.20. The maximum absolute atomic E-state index is 14.2. The van der Waals surface area contributed by atoms with Crippen LogP contribution in [-0.4, -0.2) is 25.6 Å². The van der Waals surface area contributed by atoms with Gasteiger partial charge in [0.1, 0.15) is 5.82 Å². The van der Waals surface area contributed by atoms with E-state index >= 15 is 0 Å². The first-order chi connectivity index (χ1) is 12.1. The highest BCUT2D eigenvalue weighted by molar-refractivity contribution is 7.19. The third kappa shape index (κ3) is 4.09. The van der Waals surface area contributed by atoms with Gasteiger partial charge in [0.15, 0.2) is 0 Å². The van der Waals surface area contributed by atoms with Gasteiger partial charge in [-0.25, -0.2) is 4.39 Å². The van der Waals surface area contributed by atoms with Crippen molar-refractivity contribution in [3.8, 4) is 0 Å². The van der Waals surface area contributed by atoms with Crippen LogP contribution in [0.15, 0.2) is 48.5 Å². The Labute approximate surface area is 152 Å². The SMILES string of the molecule is CCOC(Cc1ccccc1F)c1sc2ccccc2c1CN(C)C. The van der Waals surface area contributed by atoms with Gasteiger partial charge in [0.05, 0.1) is 6.10 Å². The molecule has 0 saturated carbocycles. The van der Waals surface area contributed by atoms with Gasteiger partial charge in [0, 0.05) is 29.1 Å². The highest BCUT2D eigenvalue weighted by Crippen LogP contribution is 2.38. The number of fused-ring (bicyclic) bond motifs is 1. The van der Waals surface area contributed by atoms with E-state index in [2.05, 4.69) is 43.3 Å². The number of rotatable bonds is 7. The Hall–Kier alpha value is -1.75. The van der Waals surface area contributed by atoms with Crippen molar-refractivity contribution in [1.82, 2.24) is 4.90 Å². The Bertz CT molecular complexity index is 843. The molecule has 1 atom stereocenters. The maximum Gasteiger partial charge on any atom is 0.126 e. The summed E-state index contributed by atoms with van der Waals surface area (Å²) >= 11 is 1.76. The van der Waals surface area contributed by atoms with Crippen molar-refractivity contribution < 1.29 is 9.13 Å². The summed E-state index contributed by atoms with van der Waals surface area (Å²) < 4.78 is 21.5. The molecule has 0 spiro atoms. The largest absolute Gasteiger partial charge is 0.373 e. The van der Waals surface area contributed by atoms with Crippen LogP contribution >= 0.6 is 11.3 Å².